The zero-order valence-corrected chi connectivity index (χ0v) is 11.3. The first-order valence-corrected chi connectivity index (χ1v) is 6.50. The molecule has 0 aromatic heterocycles. The van der Waals surface area contributed by atoms with E-state index < -0.39 is 11.8 Å². The number of nitrogens with zero attached hydrogens (tertiary/aromatic N) is 1. The van der Waals surface area contributed by atoms with Crippen LogP contribution in [0.15, 0.2) is 18.2 Å². The topological polar surface area (TPSA) is 70.0 Å². The Morgan fingerprint density at radius 3 is 2.85 bits per heavy atom. The molecule has 5 nitrogen and oxygen atoms in total. The van der Waals surface area contributed by atoms with Gasteiger partial charge in [0, 0.05) is 19.6 Å². The van der Waals surface area contributed by atoms with E-state index in [-0.39, 0.29) is 24.4 Å². The van der Waals surface area contributed by atoms with Crippen molar-refractivity contribution in [2.45, 2.75) is 25.7 Å². The van der Waals surface area contributed by atoms with Crippen LogP contribution in [0.2, 0.25) is 0 Å². The fourth-order valence-electron chi connectivity index (χ4n) is 2.46. The van der Waals surface area contributed by atoms with Gasteiger partial charge in [0.05, 0.1) is 24.4 Å². The van der Waals surface area contributed by atoms with E-state index in [1.165, 1.54) is 12.1 Å². The predicted octanol–water partition coefficient (Wildman–Crippen LogP) is 1.11. The molecule has 0 bridgehead atoms. The number of aromatic carboxylic acids is 1. The molecule has 6 heteroatoms. The predicted molar refractivity (Wildman–Crippen MR) is 70.1 cm³/mol. The summed E-state index contributed by atoms with van der Waals surface area (Å²) in [7, 11) is 0. The van der Waals surface area contributed by atoms with Crippen molar-refractivity contribution in [1.29, 1.82) is 0 Å². The zero-order chi connectivity index (χ0) is 14.7. The minimum Gasteiger partial charge on any atom is -0.478 e. The lowest BCUT2D eigenvalue weighted by Gasteiger charge is -2.36. The van der Waals surface area contributed by atoms with Crippen LogP contribution in [0.25, 0.3) is 0 Å². The number of ether oxygens (including phenoxy) is 1. The van der Waals surface area contributed by atoms with E-state index in [4.69, 9.17) is 14.9 Å². The number of hydrogen-bond acceptors (Lipinski definition) is 4. The first kappa shape index (κ1) is 14.9. The molecule has 1 aromatic carbocycles. The van der Waals surface area contributed by atoms with Gasteiger partial charge in [0.1, 0.15) is 5.82 Å². The molecular formula is C14H18FNO4. The molecule has 0 radical (unpaired) electrons. The molecule has 1 aliphatic heterocycles. The van der Waals surface area contributed by atoms with Crippen LogP contribution < -0.4 is 0 Å². The van der Waals surface area contributed by atoms with Crippen LogP contribution in [0, 0.1) is 5.82 Å². The van der Waals surface area contributed by atoms with Crippen LogP contribution in [-0.2, 0) is 11.3 Å². The SMILES string of the molecule is CC1CN(Cc2ccc(C(=O)O)c(F)c2)CC(CO)O1. The van der Waals surface area contributed by atoms with Crippen molar-refractivity contribution in [3.63, 3.8) is 0 Å². The molecule has 0 aliphatic carbocycles. The molecule has 0 saturated carbocycles. The minimum absolute atomic E-state index is 0.00374. The van der Waals surface area contributed by atoms with Gasteiger partial charge in [-0.3, -0.25) is 4.90 Å². The third-order valence-corrected chi connectivity index (χ3v) is 3.28. The smallest absolute Gasteiger partial charge is 0.338 e. The molecule has 1 aromatic rings. The molecule has 1 fully saturated rings. The highest BCUT2D eigenvalue weighted by atomic mass is 19.1. The van der Waals surface area contributed by atoms with Gasteiger partial charge in [-0.25, -0.2) is 9.18 Å². The van der Waals surface area contributed by atoms with Gasteiger partial charge >= 0.3 is 5.97 Å². The van der Waals surface area contributed by atoms with Gasteiger partial charge in [-0.15, -0.1) is 0 Å². The van der Waals surface area contributed by atoms with Crippen LogP contribution in [0.5, 0.6) is 0 Å². The summed E-state index contributed by atoms with van der Waals surface area (Å²) >= 11 is 0. The van der Waals surface area contributed by atoms with E-state index >= 15 is 0 Å². The second kappa shape index (κ2) is 6.30. The summed E-state index contributed by atoms with van der Waals surface area (Å²) in [6.07, 6.45) is -0.231. The van der Waals surface area contributed by atoms with Crippen LogP contribution in [-0.4, -0.2) is 53.0 Å². The molecule has 2 unspecified atom stereocenters. The average Bonchev–Trinajstić information content (AvgIpc) is 2.37. The lowest BCUT2D eigenvalue weighted by molar-refractivity contribution is -0.0972. The molecule has 2 atom stereocenters. The number of rotatable bonds is 4. The van der Waals surface area contributed by atoms with E-state index in [0.29, 0.717) is 25.2 Å². The molecule has 110 valence electrons. The van der Waals surface area contributed by atoms with Crippen LogP contribution >= 0.6 is 0 Å². The highest BCUT2D eigenvalue weighted by Crippen LogP contribution is 2.16. The third kappa shape index (κ3) is 3.53. The van der Waals surface area contributed by atoms with Gasteiger partial charge in [0.15, 0.2) is 0 Å². The minimum atomic E-state index is -1.27. The first-order chi connectivity index (χ1) is 9.49. The van der Waals surface area contributed by atoms with E-state index in [0.717, 1.165) is 0 Å². The zero-order valence-electron chi connectivity index (χ0n) is 11.3. The summed E-state index contributed by atoms with van der Waals surface area (Å²) in [5, 5.41) is 17.9. The number of halogens is 1. The van der Waals surface area contributed by atoms with Crippen molar-refractivity contribution in [3.8, 4) is 0 Å². The van der Waals surface area contributed by atoms with Gasteiger partial charge in [-0.05, 0) is 24.6 Å². The van der Waals surface area contributed by atoms with Crippen LogP contribution in [0.1, 0.15) is 22.8 Å². The quantitative estimate of drug-likeness (QED) is 0.866. The van der Waals surface area contributed by atoms with E-state index in [1.807, 2.05) is 6.92 Å². The molecule has 1 heterocycles. The Kier molecular flexibility index (Phi) is 4.69. The second-order valence-corrected chi connectivity index (χ2v) is 5.06. The number of morpholine rings is 1. The number of carboxylic acids is 1. The van der Waals surface area contributed by atoms with Gasteiger partial charge < -0.3 is 14.9 Å². The largest absolute Gasteiger partial charge is 0.478 e. The molecule has 1 saturated heterocycles. The summed E-state index contributed by atoms with van der Waals surface area (Å²) in [6.45, 7) is 3.64. The lowest BCUT2D eigenvalue weighted by atomic mass is 10.1. The number of carbonyl (C=O) groups is 1. The molecule has 2 N–H and O–H groups in total. The molecule has 0 spiro atoms. The Morgan fingerprint density at radius 2 is 2.25 bits per heavy atom. The average molecular weight is 283 g/mol. The van der Waals surface area contributed by atoms with Crippen LogP contribution in [0.3, 0.4) is 0 Å². The van der Waals surface area contributed by atoms with E-state index in [1.54, 1.807) is 6.07 Å². The van der Waals surface area contributed by atoms with Gasteiger partial charge in [-0.1, -0.05) is 6.07 Å². The van der Waals surface area contributed by atoms with Crippen molar-refractivity contribution in [3.05, 3.63) is 35.1 Å². The maximum Gasteiger partial charge on any atom is 0.338 e. The Labute approximate surface area is 116 Å². The van der Waals surface area contributed by atoms with Crippen molar-refractivity contribution in [2.75, 3.05) is 19.7 Å². The van der Waals surface area contributed by atoms with Gasteiger partial charge in [0.2, 0.25) is 0 Å². The summed E-state index contributed by atoms with van der Waals surface area (Å²) in [6, 6.07) is 4.14. The Balaban J connectivity index is 2.06. The standard InChI is InChI=1S/C14H18FNO4/c1-9-5-16(7-11(8-17)20-9)6-10-2-3-12(14(18)19)13(15)4-10/h2-4,9,11,17H,5-8H2,1H3,(H,18,19). The lowest BCUT2D eigenvalue weighted by Crippen LogP contribution is -2.47. The Morgan fingerprint density at radius 1 is 1.50 bits per heavy atom. The van der Waals surface area contributed by atoms with E-state index in [2.05, 4.69) is 4.90 Å². The summed E-state index contributed by atoms with van der Waals surface area (Å²) in [5.74, 6) is -2.00. The van der Waals surface area contributed by atoms with Crippen LogP contribution in [0.4, 0.5) is 4.39 Å². The normalized spacial score (nSPS) is 23.8. The number of benzene rings is 1. The van der Waals surface area contributed by atoms with Gasteiger partial charge in [-0.2, -0.15) is 0 Å². The summed E-state index contributed by atoms with van der Waals surface area (Å²) in [5.41, 5.74) is 0.385. The number of aliphatic hydroxyl groups excluding tert-OH is 1. The molecule has 2 rings (SSSR count). The van der Waals surface area contributed by atoms with Crippen molar-refractivity contribution in [2.24, 2.45) is 0 Å². The number of hydrogen-bond donors (Lipinski definition) is 2. The summed E-state index contributed by atoms with van der Waals surface area (Å²) < 4.78 is 19.1. The summed E-state index contributed by atoms with van der Waals surface area (Å²) in [4.78, 5) is 12.8. The fourth-order valence-corrected chi connectivity index (χ4v) is 2.46. The highest BCUT2D eigenvalue weighted by Gasteiger charge is 2.24. The second-order valence-electron chi connectivity index (χ2n) is 5.06. The molecule has 20 heavy (non-hydrogen) atoms. The van der Waals surface area contributed by atoms with Crippen molar-refractivity contribution >= 4 is 5.97 Å². The number of aliphatic hydroxyl groups is 1. The molecular weight excluding hydrogens is 265 g/mol. The molecule has 1 aliphatic rings. The molecule has 0 amide bonds. The number of carboxylic acid groups (broad SMARTS) is 1. The van der Waals surface area contributed by atoms with Crippen molar-refractivity contribution < 1.29 is 24.1 Å². The third-order valence-electron chi connectivity index (χ3n) is 3.28. The maximum absolute atomic E-state index is 13.6. The van der Waals surface area contributed by atoms with E-state index in [9.17, 15) is 9.18 Å². The van der Waals surface area contributed by atoms with Crippen molar-refractivity contribution in [1.82, 2.24) is 4.90 Å². The first-order valence-electron chi connectivity index (χ1n) is 6.50. The Hall–Kier alpha value is -1.50. The Bertz CT molecular complexity index is 494. The maximum atomic E-state index is 13.6. The van der Waals surface area contributed by atoms with Gasteiger partial charge in [0.25, 0.3) is 0 Å². The fraction of sp³-hybridized carbons (Fsp3) is 0.500. The monoisotopic (exact) mass is 283 g/mol. The highest BCUT2D eigenvalue weighted by molar-refractivity contribution is 5.87.